The standard InChI is InChI=1S/C12H12N2S/c15-8-2-1-3-10-4-5-11-12(9-10)14-7-6-13-11/h1,3-7,9,15H,2,8H2. The second kappa shape index (κ2) is 4.94. The summed E-state index contributed by atoms with van der Waals surface area (Å²) in [6, 6.07) is 6.08. The van der Waals surface area contributed by atoms with Crippen LogP contribution in [0.5, 0.6) is 0 Å². The molecule has 2 rings (SSSR count). The van der Waals surface area contributed by atoms with Gasteiger partial charge in [-0.3, -0.25) is 9.97 Å². The van der Waals surface area contributed by atoms with Gasteiger partial charge in [-0.25, -0.2) is 0 Å². The summed E-state index contributed by atoms with van der Waals surface area (Å²) in [7, 11) is 0. The maximum absolute atomic E-state index is 4.26. The molecule has 1 heterocycles. The molecule has 0 aliphatic rings. The number of hydrogen-bond donors (Lipinski definition) is 1. The van der Waals surface area contributed by atoms with E-state index >= 15 is 0 Å². The van der Waals surface area contributed by atoms with Gasteiger partial charge in [-0.1, -0.05) is 18.2 Å². The molecule has 0 unspecified atom stereocenters. The van der Waals surface area contributed by atoms with Gasteiger partial charge in [0.05, 0.1) is 11.0 Å². The van der Waals surface area contributed by atoms with Gasteiger partial charge in [0.2, 0.25) is 0 Å². The smallest absolute Gasteiger partial charge is 0.0892 e. The fraction of sp³-hybridized carbons (Fsp3) is 0.167. The third-order valence-corrected chi connectivity index (χ3v) is 2.36. The first-order chi connectivity index (χ1) is 7.40. The Labute approximate surface area is 94.5 Å². The molecule has 0 atom stereocenters. The van der Waals surface area contributed by atoms with Crippen LogP contribution in [0.25, 0.3) is 17.1 Å². The van der Waals surface area contributed by atoms with Crippen LogP contribution >= 0.6 is 12.6 Å². The van der Waals surface area contributed by atoms with Crippen LogP contribution in [-0.4, -0.2) is 15.7 Å². The lowest BCUT2D eigenvalue weighted by Crippen LogP contribution is -1.82. The number of allylic oxidation sites excluding steroid dienone is 1. The first-order valence-corrected chi connectivity index (χ1v) is 5.51. The molecule has 0 aliphatic carbocycles. The van der Waals surface area contributed by atoms with Crippen LogP contribution in [0, 0.1) is 0 Å². The first kappa shape index (κ1) is 10.2. The van der Waals surface area contributed by atoms with Gasteiger partial charge < -0.3 is 0 Å². The third kappa shape index (κ3) is 2.57. The molecule has 1 aromatic heterocycles. The van der Waals surface area contributed by atoms with Crippen molar-refractivity contribution in [3.63, 3.8) is 0 Å². The highest BCUT2D eigenvalue weighted by molar-refractivity contribution is 7.80. The van der Waals surface area contributed by atoms with E-state index in [1.807, 2.05) is 18.2 Å². The molecule has 2 nitrogen and oxygen atoms in total. The van der Waals surface area contributed by atoms with Crippen molar-refractivity contribution in [2.24, 2.45) is 0 Å². The summed E-state index contributed by atoms with van der Waals surface area (Å²) in [6.07, 6.45) is 8.61. The summed E-state index contributed by atoms with van der Waals surface area (Å²) < 4.78 is 0. The van der Waals surface area contributed by atoms with Gasteiger partial charge in [-0.15, -0.1) is 0 Å². The summed E-state index contributed by atoms with van der Waals surface area (Å²) in [4.78, 5) is 8.48. The molecule has 0 spiro atoms. The Morgan fingerprint density at radius 3 is 2.73 bits per heavy atom. The highest BCUT2D eigenvalue weighted by atomic mass is 32.1. The molecule has 0 saturated heterocycles. The molecule has 1 aromatic carbocycles. The van der Waals surface area contributed by atoms with E-state index in [1.165, 1.54) is 0 Å². The van der Waals surface area contributed by atoms with E-state index in [9.17, 15) is 0 Å². The molecule has 0 radical (unpaired) electrons. The highest BCUT2D eigenvalue weighted by Crippen LogP contribution is 2.12. The SMILES string of the molecule is SCCC=Cc1ccc2nccnc2c1. The summed E-state index contributed by atoms with van der Waals surface area (Å²) in [5.41, 5.74) is 3.03. The minimum Gasteiger partial charge on any atom is -0.253 e. The molecule has 0 aliphatic heterocycles. The Balaban J connectivity index is 2.30. The zero-order chi connectivity index (χ0) is 10.5. The number of fused-ring (bicyclic) bond motifs is 1. The van der Waals surface area contributed by atoms with Gasteiger partial charge in [-0.2, -0.15) is 12.6 Å². The van der Waals surface area contributed by atoms with Crippen LogP contribution in [0.1, 0.15) is 12.0 Å². The lowest BCUT2D eigenvalue weighted by atomic mass is 10.1. The maximum Gasteiger partial charge on any atom is 0.0892 e. The summed E-state index contributed by atoms with van der Waals surface area (Å²) >= 11 is 4.15. The van der Waals surface area contributed by atoms with Crippen molar-refractivity contribution in [2.45, 2.75) is 6.42 Å². The average Bonchev–Trinajstić information content (AvgIpc) is 2.29. The number of benzene rings is 1. The molecule has 0 saturated carbocycles. The Kier molecular flexibility index (Phi) is 3.35. The minimum atomic E-state index is 0.879. The third-order valence-electron chi connectivity index (χ3n) is 2.10. The molecular weight excluding hydrogens is 204 g/mol. The Bertz CT molecular complexity index is 480. The molecule has 3 heteroatoms. The second-order valence-electron chi connectivity index (χ2n) is 3.22. The minimum absolute atomic E-state index is 0.879. The molecule has 0 bridgehead atoms. The lowest BCUT2D eigenvalue weighted by Gasteiger charge is -1.97. The number of hydrogen-bond acceptors (Lipinski definition) is 3. The largest absolute Gasteiger partial charge is 0.253 e. The van der Waals surface area contributed by atoms with Crippen molar-refractivity contribution in [3.8, 4) is 0 Å². The molecular formula is C12H12N2S. The van der Waals surface area contributed by atoms with Crippen LogP contribution in [0.2, 0.25) is 0 Å². The molecule has 0 amide bonds. The van der Waals surface area contributed by atoms with Gasteiger partial charge in [0.25, 0.3) is 0 Å². The Morgan fingerprint density at radius 1 is 1.13 bits per heavy atom. The van der Waals surface area contributed by atoms with Crippen molar-refractivity contribution in [2.75, 3.05) is 5.75 Å². The topological polar surface area (TPSA) is 25.8 Å². The van der Waals surface area contributed by atoms with Crippen molar-refractivity contribution in [1.29, 1.82) is 0 Å². The molecule has 76 valence electrons. The Hall–Kier alpha value is -1.35. The zero-order valence-electron chi connectivity index (χ0n) is 8.30. The summed E-state index contributed by atoms with van der Waals surface area (Å²) in [6.45, 7) is 0. The fourth-order valence-corrected chi connectivity index (χ4v) is 1.53. The number of rotatable bonds is 3. The van der Waals surface area contributed by atoms with E-state index in [0.717, 1.165) is 28.8 Å². The van der Waals surface area contributed by atoms with Crippen molar-refractivity contribution in [3.05, 3.63) is 42.2 Å². The van der Waals surface area contributed by atoms with Gasteiger partial charge in [-0.05, 0) is 29.9 Å². The fourth-order valence-electron chi connectivity index (χ4n) is 1.38. The predicted octanol–water partition coefficient (Wildman–Crippen LogP) is 2.96. The van der Waals surface area contributed by atoms with Crippen molar-refractivity contribution >= 4 is 29.7 Å². The second-order valence-corrected chi connectivity index (χ2v) is 3.67. The normalized spacial score (nSPS) is 11.3. The summed E-state index contributed by atoms with van der Waals surface area (Å²) in [5.74, 6) is 0.879. The molecule has 15 heavy (non-hydrogen) atoms. The van der Waals surface area contributed by atoms with E-state index < -0.39 is 0 Å². The summed E-state index contributed by atoms with van der Waals surface area (Å²) in [5, 5.41) is 0. The average molecular weight is 216 g/mol. The van der Waals surface area contributed by atoms with Gasteiger partial charge >= 0.3 is 0 Å². The first-order valence-electron chi connectivity index (χ1n) is 4.88. The van der Waals surface area contributed by atoms with Crippen LogP contribution in [-0.2, 0) is 0 Å². The van der Waals surface area contributed by atoms with Crippen LogP contribution in [0.15, 0.2) is 36.7 Å². The maximum atomic E-state index is 4.26. The monoisotopic (exact) mass is 216 g/mol. The lowest BCUT2D eigenvalue weighted by molar-refractivity contribution is 1.26. The van der Waals surface area contributed by atoms with Crippen LogP contribution in [0.4, 0.5) is 0 Å². The highest BCUT2D eigenvalue weighted by Gasteiger charge is 1.94. The van der Waals surface area contributed by atoms with E-state index in [2.05, 4.69) is 34.7 Å². The predicted molar refractivity (Wildman–Crippen MR) is 67.0 cm³/mol. The quantitative estimate of drug-likeness (QED) is 0.798. The molecule has 2 aromatic rings. The van der Waals surface area contributed by atoms with Crippen LogP contribution in [0.3, 0.4) is 0 Å². The van der Waals surface area contributed by atoms with E-state index in [-0.39, 0.29) is 0 Å². The van der Waals surface area contributed by atoms with Gasteiger partial charge in [0.15, 0.2) is 0 Å². The molecule has 0 fully saturated rings. The van der Waals surface area contributed by atoms with Gasteiger partial charge in [0.1, 0.15) is 0 Å². The Morgan fingerprint density at radius 2 is 1.93 bits per heavy atom. The van der Waals surface area contributed by atoms with E-state index in [0.29, 0.717) is 0 Å². The van der Waals surface area contributed by atoms with E-state index in [4.69, 9.17) is 0 Å². The number of thiol groups is 1. The zero-order valence-corrected chi connectivity index (χ0v) is 9.19. The van der Waals surface area contributed by atoms with Crippen molar-refractivity contribution in [1.82, 2.24) is 9.97 Å². The number of aromatic nitrogens is 2. The van der Waals surface area contributed by atoms with Gasteiger partial charge in [0, 0.05) is 12.4 Å². The van der Waals surface area contributed by atoms with Crippen molar-refractivity contribution < 1.29 is 0 Å². The molecule has 0 N–H and O–H groups in total. The number of nitrogens with zero attached hydrogens (tertiary/aromatic N) is 2. The van der Waals surface area contributed by atoms with Crippen LogP contribution < -0.4 is 0 Å². The van der Waals surface area contributed by atoms with E-state index in [1.54, 1.807) is 12.4 Å².